The molecule has 0 radical (unpaired) electrons. The van der Waals surface area contributed by atoms with Gasteiger partial charge in [-0.3, -0.25) is 14.8 Å². The molecule has 120 valence electrons. The van der Waals surface area contributed by atoms with Crippen molar-refractivity contribution in [3.8, 4) is 0 Å². The van der Waals surface area contributed by atoms with Gasteiger partial charge in [0.1, 0.15) is 0 Å². The van der Waals surface area contributed by atoms with Crippen molar-refractivity contribution in [1.82, 2.24) is 20.0 Å². The second-order valence-corrected chi connectivity index (χ2v) is 6.38. The van der Waals surface area contributed by atoms with Crippen LogP contribution in [0.5, 0.6) is 0 Å². The van der Waals surface area contributed by atoms with Crippen molar-refractivity contribution in [2.75, 3.05) is 24.7 Å². The lowest BCUT2D eigenvalue weighted by Gasteiger charge is -2.34. The van der Waals surface area contributed by atoms with Crippen LogP contribution in [-0.2, 0) is 4.79 Å². The zero-order chi connectivity index (χ0) is 13.2. The predicted octanol–water partition coefficient (Wildman–Crippen LogP) is 1.86. The number of hydrogen-bond donors (Lipinski definition) is 1. The van der Waals surface area contributed by atoms with Gasteiger partial charge in [0.25, 0.3) is 0 Å². The predicted molar refractivity (Wildman–Crippen MR) is 90.6 cm³/mol. The quantitative estimate of drug-likeness (QED) is 0.882. The van der Waals surface area contributed by atoms with Gasteiger partial charge in [0.15, 0.2) is 0 Å². The maximum Gasteiger partial charge on any atom is 0.240 e. The van der Waals surface area contributed by atoms with Gasteiger partial charge in [-0.25, -0.2) is 0 Å². The van der Waals surface area contributed by atoms with E-state index < -0.39 is 0 Å². The number of aryl methyl sites for hydroxylation is 1. The van der Waals surface area contributed by atoms with Crippen LogP contribution in [0.25, 0.3) is 0 Å². The molecule has 0 spiro atoms. The first-order valence-electron chi connectivity index (χ1n) is 6.85. The number of aromatic nitrogens is 2. The summed E-state index contributed by atoms with van der Waals surface area (Å²) in [5, 5.41) is 7.65. The summed E-state index contributed by atoms with van der Waals surface area (Å²) in [5.41, 5.74) is 1.18. The van der Waals surface area contributed by atoms with Gasteiger partial charge in [-0.2, -0.15) is 5.10 Å². The van der Waals surface area contributed by atoms with Crippen LogP contribution in [-0.4, -0.2) is 51.3 Å². The summed E-state index contributed by atoms with van der Waals surface area (Å²) >= 11 is 1.80. The van der Waals surface area contributed by atoms with Crippen molar-refractivity contribution in [2.24, 2.45) is 0 Å². The van der Waals surface area contributed by atoms with Crippen molar-refractivity contribution < 1.29 is 4.79 Å². The molecule has 2 saturated heterocycles. The van der Waals surface area contributed by atoms with Crippen molar-refractivity contribution in [1.29, 1.82) is 0 Å². The van der Waals surface area contributed by atoms with Crippen LogP contribution in [0.1, 0.15) is 24.4 Å². The van der Waals surface area contributed by atoms with Gasteiger partial charge in [-0.1, -0.05) is 0 Å². The molecular weight excluding hydrogens is 331 g/mol. The second-order valence-electron chi connectivity index (χ2n) is 5.35. The molecule has 1 amide bonds. The number of piperidine rings is 1. The molecule has 2 atom stereocenters. The molecule has 0 aliphatic carbocycles. The van der Waals surface area contributed by atoms with Gasteiger partial charge in [0, 0.05) is 30.9 Å². The first-order valence-corrected chi connectivity index (χ1v) is 8.00. The van der Waals surface area contributed by atoms with E-state index in [1.807, 2.05) is 15.8 Å². The number of thioether (sulfide) groups is 1. The highest BCUT2D eigenvalue weighted by molar-refractivity contribution is 7.99. The molecule has 1 aromatic heterocycles. The fourth-order valence-corrected chi connectivity index (χ4v) is 3.71. The number of amides is 1. The number of nitrogens with zero attached hydrogens (tertiary/aromatic N) is 3. The van der Waals surface area contributed by atoms with Crippen molar-refractivity contribution in [3.63, 3.8) is 0 Å². The summed E-state index contributed by atoms with van der Waals surface area (Å²) < 4.78 is 2.02. The molecule has 2 fully saturated rings. The van der Waals surface area contributed by atoms with Gasteiger partial charge < -0.3 is 4.90 Å². The highest BCUT2D eigenvalue weighted by Crippen LogP contribution is 2.23. The third-order valence-electron chi connectivity index (χ3n) is 3.83. The van der Waals surface area contributed by atoms with Crippen LogP contribution < -0.4 is 5.32 Å². The Balaban J connectivity index is 0.00000110. The standard InChI is InChI=1S/C13H20N4OS.2ClH/c1-10-5-15-17(6-10)11-3-2-4-16(7-11)13(18)12-8-19-9-14-12;;/h5-6,11-12,14H,2-4,7-9H2,1H3;2*1H. The maximum absolute atomic E-state index is 12.4. The van der Waals surface area contributed by atoms with E-state index in [2.05, 4.69) is 23.5 Å². The summed E-state index contributed by atoms with van der Waals surface area (Å²) in [6.07, 6.45) is 6.13. The topological polar surface area (TPSA) is 50.2 Å². The number of likely N-dealkylation sites (tertiary alicyclic amines) is 1. The molecule has 0 saturated carbocycles. The molecule has 3 rings (SSSR count). The second kappa shape index (κ2) is 8.27. The van der Waals surface area contributed by atoms with E-state index >= 15 is 0 Å². The monoisotopic (exact) mass is 352 g/mol. The lowest BCUT2D eigenvalue weighted by atomic mass is 10.1. The van der Waals surface area contributed by atoms with Crippen LogP contribution in [0.3, 0.4) is 0 Å². The van der Waals surface area contributed by atoms with E-state index in [0.29, 0.717) is 6.04 Å². The molecule has 2 aliphatic rings. The highest BCUT2D eigenvalue weighted by Gasteiger charge is 2.31. The Kier molecular flexibility index (Phi) is 7.33. The average molecular weight is 353 g/mol. The number of nitrogens with one attached hydrogen (secondary N) is 1. The van der Waals surface area contributed by atoms with Crippen molar-refractivity contribution in [3.05, 3.63) is 18.0 Å². The molecule has 2 unspecified atom stereocenters. The van der Waals surface area contributed by atoms with Crippen LogP contribution in [0.2, 0.25) is 0 Å². The Labute approximate surface area is 142 Å². The van der Waals surface area contributed by atoms with Gasteiger partial charge in [0.05, 0.1) is 18.3 Å². The number of carbonyl (C=O) groups is 1. The largest absolute Gasteiger partial charge is 0.339 e. The van der Waals surface area contributed by atoms with Gasteiger partial charge in [-0.15, -0.1) is 36.6 Å². The molecule has 1 aromatic rings. The summed E-state index contributed by atoms with van der Waals surface area (Å²) in [4.78, 5) is 14.4. The molecule has 3 heterocycles. The normalized spacial score (nSPS) is 25.1. The van der Waals surface area contributed by atoms with Gasteiger partial charge >= 0.3 is 0 Å². The Morgan fingerprint density at radius 2 is 2.29 bits per heavy atom. The van der Waals surface area contributed by atoms with E-state index in [9.17, 15) is 4.79 Å². The van der Waals surface area contributed by atoms with Crippen molar-refractivity contribution >= 4 is 42.5 Å². The fraction of sp³-hybridized carbons (Fsp3) is 0.692. The number of hydrogen-bond acceptors (Lipinski definition) is 4. The van der Waals surface area contributed by atoms with Gasteiger partial charge in [0.2, 0.25) is 5.91 Å². The molecule has 0 bridgehead atoms. The molecule has 21 heavy (non-hydrogen) atoms. The summed E-state index contributed by atoms with van der Waals surface area (Å²) in [7, 11) is 0. The fourth-order valence-electron chi connectivity index (χ4n) is 2.78. The summed E-state index contributed by atoms with van der Waals surface area (Å²) in [6.45, 7) is 3.73. The smallest absolute Gasteiger partial charge is 0.240 e. The highest BCUT2D eigenvalue weighted by atomic mass is 35.5. The van der Waals surface area contributed by atoms with Crippen LogP contribution in [0.15, 0.2) is 12.4 Å². The Bertz CT molecular complexity index is 465. The third kappa shape index (κ3) is 4.28. The molecule has 0 aromatic carbocycles. The number of carbonyl (C=O) groups excluding carboxylic acids is 1. The van der Waals surface area contributed by atoms with E-state index in [-0.39, 0.29) is 36.8 Å². The van der Waals surface area contributed by atoms with Crippen LogP contribution in [0, 0.1) is 6.92 Å². The minimum atomic E-state index is 0. The maximum atomic E-state index is 12.4. The van der Waals surface area contributed by atoms with E-state index in [1.54, 1.807) is 11.8 Å². The summed E-state index contributed by atoms with van der Waals surface area (Å²) in [6, 6.07) is 0.351. The summed E-state index contributed by atoms with van der Waals surface area (Å²) in [5.74, 6) is 2.06. The molecule has 8 heteroatoms. The molecule has 5 nitrogen and oxygen atoms in total. The van der Waals surface area contributed by atoms with Gasteiger partial charge in [-0.05, 0) is 25.3 Å². The number of halogens is 2. The molecule has 2 aliphatic heterocycles. The lowest BCUT2D eigenvalue weighted by molar-refractivity contribution is -0.134. The third-order valence-corrected chi connectivity index (χ3v) is 4.77. The van der Waals surface area contributed by atoms with E-state index in [4.69, 9.17) is 0 Å². The van der Waals surface area contributed by atoms with Crippen molar-refractivity contribution in [2.45, 2.75) is 31.8 Å². The first-order chi connectivity index (χ1) is 9.24. The average Bonchev–Trinajstić information content (AvgIpc) is 3.09. The minimum absolute atomic E-state index is 0. The minimum Gasteiger partial charge on any atom is -0.339 e. The van der Waals surface area contributed by atoms with Crippen LogP contribution in [0.4, 0.5) is 0 Å². The van der Waals surface area contributed by atoms with Crippen LogP contribution >= 0.6 is 36.6 Å². The zero-order valence-electron chi connectivity index (χ0n) is 12.0. The number of rotatable bonds is 2. The SMILES string of the molecule is Cc1cnn(C2CCCN(C(=O)C3CSCN3)C2)c1.Cl.Cl. The zero-order valence-corrected chi connectivity index (χ0v) is 14.5. The van der Waals surface area contributed by atoms with E-state index in [0.717, 1.165) is 37.6 Å². The molecular formula is C13H22Cl2N4OS. The Morgan fingerprint density at radius 1 is 1.48 bits per heavy atom. The molecule has 1 N–H and O–H groups in total. The lowest BCUT2D eigenvalue weighted by Crippen LogP contribution is -2.49. The Hall–Kier alpha value is -0.430. The Morgan fingerprint density at radius 3 is 2.90 bits per heavy atom. The van der Waals surface area contributed by atoms with E-state index in [1.165, 1.54) is 5.56 Å². The first kappa shape index (κ1) is 18.6.